The second-order valence-electron chi connectivity index (χ2n) is 7.02. The van der Waals surface area contributed by atoms with Crippen LogP contribution in [0.4, 0.5) is 0 Å². The van der Waals surface area contributed by atoms with E-state index < -0.39 is 31.3 Å². The van der Waals surface area contributed by atoms with Gasteiger partial charge in [-0.25, -0.2) is 18.3 Å². The lowest BCUT2D eigenvalue weighted by atomic mass is 10.2. The molecule has 0 atom stereocenters. The lowest BCUT2D eigenvalue weighted by Gasteiger charge is -2.22. The van der Waals surface area contributed by atoms with E-state index in [1.54, 1.807) is 0 Å². The van der Waals surface area contributed by atoms with Gasteiger partial charge in [0.2, 0.25) is 0 Å². The van der Waals surface area contributed by atoms with Crippen LogP contribution in [0.3, 0.4) is 0 Å². The van der Waals surface area contributed by atoms with E-state index in [1.807, 2.05) is 0 Å². The van der Waals surface area contributed by atoms with Gasteiger partial charge in [-0.05, 0) is 38.9 Å². The van der Waals surface area contributed by atoms with Gasteiger partial charge in [0.05, 0.1) is 0 Å². The highest BCUT2D eigenvalue weighted by Crippen LogP contribution is 2.27. The third kappa shape index (κ3) is 162. The van der Waals surface area contributed by atoms with Crippen LogP contribution in [0.5, 0.6) is 0 Å². The first-order valence-electron chi connectivity index (χ1n) is 10.7. The van der Waals surface area contributed by atoms with Crippen molar-refractivity contribution in [3.05, 3.63) is 0 Å². The van der Waals surface area contributed by atoms with Gasteiger partial charge in [0.15, 0.2) is 0 Å². The highest BCUT2D eigenvalue weighted by molar-refractivity contribution is 7.45. The van der Waals surface area contributed by atoms with E-state index in [4.69, 9.17) is 77.0 Å². The number of unbranched alkanes of at least 4 members (excludes halogenated alkanes) is 6. The molecule has 0 rings (SSSR count). The van der Waals surface area contributed by atoms with E-state index >= 15 is 0 Å². The number of rotatable bonds is 12. The minimum atomic E-state index is -4.64. The average Bonchev–Trinajstić information content (AvgIpc) is 2.56. The molecule has 0 aliphatic rings. The van der Waals surface area contributed by atoms with Crippen molar-refractivity contribution in [3.8, 4) is 0 Å². The number of nitrogens with zero attached hydrogens (tertiary/aromatic N) is 1. The predicted octanol–water partition coefficient (Wildman–Crippen LogP) is 1.14. The van der Waals surface area contributed by atoms with Crippen LogP contribution in [-0.4, -0.2) is 83.3 Å². The monoisotopic (exact) mass is 619 g/mol. The van der Waals surface area contributed by atoms with Gasteiger partial charge in [-0.2, -0.15) is 0 Å². The molecular weight excluding hydrogens is 574 g/mol. The van der Waals surface area contributed by atoms with Crippen LogP contribution in [0.25, 0.3) is 0 Å². The van der Waals surface area contributed by atoms with Gasteiger partial charge < -0.3 is 63.6 Å². The molecule has 0 fully saturated rings. The second-order valence-corrected chi connectivity index (χ2v) is 11.1. The second kappa shape index (κ2) is 27.0. The van der Waals surface area contributed by atoms with E-state index in [9.17, 15) is 0 Å². The van der Waals surface area contributed by atoms with Crippen LogP contribution in [0, 0.1) is 0 Å². The minimum absolute atomic E-state index is 1.33. The standard InChI is InChI=1S/C15H33N.4H3O4P/c1-4-7-10-13-16(14-11-8-5-2)15-12-9-6-3;4*1-5(2,3)4/h4-15H2,1-3H3;4*(H3,1,2,3,4). The molecule has 36 heavy (non-hydrogen) atoms. The summed E-state index contributed by atoms with van der Waals surface area (Å²) in [5.41, 5.74) is 0. The molecule has 0 amide bonds. The molecule has 12 N–H and O–H groups in total. The van der Waals surface area contributed by atoms with Gasteiger partial charge in [-0.3, -0.25) is 0 Å². The summed E-state index contributed by atoms with van der Waals surface area (Å²) in [5, 5.41) is 0. The van der Waals surface area contributed by atoms with Crippen LogP contribution in [0.15, 0.2) is 0 Å². The summed E-state index contributed by atoms with van der Waals surface area (Å²) in [6.07, 6.45) is 12.4. The van der Waals surface area contributed by atoms with Crippen molar-refractivity contribution < 1.29 is 77.0 Å². The normalized spacial score (nSPS) is 11.6. The zero-order chi connectivity index (χ0) is 30.1. The van der Waals surface area contributed by atoms with Gasteiger partial charge in [0.1, 0.15) is 0 Å². The maximum Gasteiger partial charge on any atom is 0.466 e. The maximum absolute atomic E-state index is 8.88. The predicted molar refractivity (Wildman–Crippen MR) is 132 cm³/mol. The van der Waals surface area contributed by atoms with E-state index in [2.05, 4.69) is 25.7 Å². The van der Waals surface area contributed by atoms with Gasteiger partial charge in [0, 0.05) is 0 Å². The Hall–Kier alpha value is 0.400. The fraction of sp³-hybridized carbons (Fsp3) is 1.00. The fourth-order valence-corrected chi connectivity index (χ4v) is 2.09. The van der Waals surface area contributed by atoms with Crippen molar-refractivity contribution in [2.24, 2.45) is 0 Å². The Balaban J connectivity index is -0.000000131. The lowest BCUT2D eigenvalue weighted by molar-refractivity contribution is 0.256. The topological polar surface area (TPSA) is 314 Å². The molecule has 0 heterocycles. The molecule has 0 saturated heterocycles. The zero-order valence-electron chi connectivity index (χ0n) is 20.7. The highest BCUT2D eigenvalue weighted by atomic mass is 31.2. The molecule has 21 heteroatoms. The number of phosphoric acid groups is 4. The summed E-state index contributed by atoms with van der Waals surface area (Å²) in [6, 6.07) is 0. The molecule has 0 radical (unpaired) electrons. The minimum Gasteiger partial charge on any atom is -0.303 e. The van der Waals surface area contributed by atoms with Gasteiger partial charge in [-0.15, -0.1) is 0 Å². The first-order chi connectivity index (χ1) is 15.8. The van der Waals surface area contributed by atoms with Crippen molar-refractivity contribution in [2.75, 3.05) is 19.6 Å². The van der Waals surface area contributed by atoms with E-state index in [1.165, 1.54) is 77.4 Å². The first-order valence-corrected chi connectivity index (χ1v) is 17.0. The van der Waals surface area contributed by atoms with Crippen LogP contribution in [0.1, 0.15) is 78.6 Å². The molecule has 226 valence electrons. The molecule has 0 aliphatic heterocycles. The van der Waals surface area contributed by atoms with E-state index in [-0.39, 0.29) is 0 Å². The maximum atomic E-state index is 8.88. The number of hydrogen-bond acceptors (Lipinski definition) is 5. The molecule has 0 aromatic carbocycles. The molecule has 0 aromatic rings. The molecule has 0 bridgehead atoms. The Morgan fingerprint density at radius 3 is 0.639 bits per heavy atom. The third-order valence-electron chi connectivity index (χ3n) is 3.23. The molecule has 0 unspecified atom stereocenters. The van der Waals surface area contributed by atoms with Gasteiger partial charge in [0.25, 0.3) is 0 Å². The molecule has 0 aromatic heterocycles. The van der Waals surface area contributed by atoms with Crippen LogP contribution in [0.2, 0.25) is 0 Å². The summed E-state index contributed by atoms with van der Waals surface area (Å²) in [7, 11) is -18.6. The fourth-order valence-electron chi connectivity index (χ4n) is 2.09. The Bertz CT molecular complexity index is 507. The summed E-state index contributed by atoms with van der Waals surface area (Å²) in [4.78, 5) is 88.9. The van der Waals surface area contributed by atoms with Crippen LogP contribution in [-0.2, 0) is 18.3 Å². The summed E-state index contributed by atoms with van der Waals surface area (Å²) in [6.45, 7) is 10.9. The van der Waals surface area contributed by atoms with Crippen LogP contribution < -0.4 is 0 Å². The largest absolute Gasteiger partial charge is 0.466 e. The number of hydrogen-bond donors (Lipinski definition) is 12. The van der Waals surface area contributed by atoms with Crippen molar-refractivity contribution in [2.45, 2.75) is 78.6 Å². The van der Waals surface area contributed by atoms with Crippen molar-refractivity contribution in [3.63, 3.8) is 0 Å². The van der Waals surface area contributed by atoms with Crippen molar-refractivity contribution >= 4 is 31.3 Å². The van der Waals surface area contributed by atoms with Crippen molar-refractivity contribution in [1.82, 2.24) is 4.90 Å². The lowest BCUT2D eigenvalue weighted by Crippen LogP contribution is -2.27. The molecule has 0 saturated carbocycles. The average molecular weight is 619 g/mol. The SMILES string of the molecule is CCCCCN(CCCCC)CCCCC.O=P(O)(O)O.O=P(O)(O)O.O=P(O)(O)O.O=P(O)(O)O. The van der Waals surface area contributed by atoms with Gasteiger partial charge in [-0.1, -0.05) is 59.3 Å². The first kappa shape index (κ1) is 46.3. The molecule has 0 spiro atoms. The summed E-state index contributed by atoms with van der Waals surface area (Å²) in [5.74, 6) is 0. The van der Waals surface area contributed by atoms with Crippen molar-refractivity contribution in [1.29, 1.82) is 0 Å². The summed E-state index contributed by atoms with van der Waals surface area (Å²) >= 11 is 0. The Kier molecular flexibility index (Phi) is 34.7. The molecular formula is C15H45NO16P4. The quantitative estimate of drug-likeness (QED) is 0.108. The Morgan fingerprint density at radius 2 is 0.528 bits per heavy atom. The molecule has 0 aliphatic carbocycles. The van der Waals surface area contributed by atoms with E-state index in [0.717, 1.165) is 0 Å². The Morgan fingerprint density at radius 1 is 0.389 bits per heavy atom. The zero-order valence-corrected chi connectivity index (χ0v) is 24.3. The Labute approximate surface area is 211 Å². The van der Waals surface area contributed by atoms with Crippen LogP contribution >= 0.6 is 31.3 Å². The summed E-state index contributed by atoms with van der Waals surface area (Å²) < 4.78 is 35.5. The third-order valence-corrected chi connectivity index (χ3v) is 3.23. The van der Waals surface area contributed by atoms with E-state index in [0.29, 0.717) is 0 Å². The highest BCUT2D eigenvalue weighted by Gasteiger charge is 2.04. The smallest absolute Gasteiger partial charge is 0.303 e. The van der Waals surface area contributed by atoms with Gasteiger partial charge >= 0.3 is 31.3 Å². The molecule has 17 nitrogen and oxygen atoms in total.